The van der Waals surface area contributed by atoms with Crippen molar-refractivity contribution in [3.63, 3.8) is 0 Å². The Hall–Kier alpha value is -4.38. The summed E-state index contributed by atoms with van der Waals surface area (Å²) in [6.07, 6.45) is 0.846. The van der Waals surface area contributed by atoms with E-state index < -0.39 is 96.3 Å². The van der Waals surface area contributed by atoms with Crippen LogP contribution in [0.5, 0.6) is 0 Å². The molecule has 6 atom stereocenters. The lowest BCUT2D eigenvalue weighted by Gasteiger charge is -2.34. The first-order valence-electron chi connectivity index (χ1n) is 29.4. The number of carboxylic acid groups (broad SMARTS) is 2. The third-order valence-electron chi connectivity index (χ3n) is 11.4. The monoisotopic (exact) mass is 1540 g/mol. The molecule has 0 aliphatic carbocycles. The molecule has 0 aromatic carbocycles. The number of carbonyl (C=O) groups excluding carboxylic acids is 10. The minimum Gasteiger partial charge on any atom is -0.501 e. The van der Waals surface area contributed by atoms with Crippen molar-refractivity contribution in [3.8, 4) is 0 Å². The van der Waals surface area contributed by atoms with Crippen LogP contribution in [0.25, 0.3) is 0 Å². The molecule has 0 amide bonds. The van der Waals surface area contributed by atoms with E-state index in [1.807, 2.05) is 13.8 Å². The fourth-order valence-electron chi connectivity index (χ4n) is 5.94. The Morgan fingerprint density at radius 2 is 0.526 bits per heavy atom. The van der Waals surface area contributed by atoms with Gasteiger partial charge in [-0.1, -0.05) is 87.6 Å². The summed E-state index contributed by atoms with van der Waals surface area (Å²) in [5, 5.41) is 14.8. The number of thioether (sulfide) groups is 4. The average molecular weight is 1540 g/mol. The third kappa shape index (κ3) is 63.5. The van der Waals surface area contributed by atoms with Gasteiger partial charge < -0.3 is 81.3 Å². The van der Waals surface area contributed by atoms with Gasteiger partial charge in [0.15, 0.2) is 58.2 Å². The number of carboxylic acids is 2. The second-order valence-corrected chi connectivity index (χ2v) is 25.6. The second-order valence-electron chi connectivity index (χ2n) is 19.7. The smallest absolute Gasteiger partial charge is 0.318 e. The highest BCUT2D eigenvalue weighted by Gasteiger charge is 2.36. The Kier molecular flexibility index (Phi) is 65.4. The summed E-state index contributed by atoms with van der Waals surface area (Å²) in [5.74, 6) is -6.10. The molecule has 0 spiro atoms. The van der Waals surface area contributed by atoms with Gasteiger partial charge in [0, 0.05) is 38.5 Å². The molecule has 2 N–H and O–H groups in total. The molecule has 562 valence electrons. The number of rotatable bonds is 48. The zero-order valence-electron chi connectivity index (χ0n) is 57.3. The van der Waals surface area contributed by atoms with E-state index in [0.717, 1.165) is 53.5 Å². The van der Waals surface area contributed by atoms with Crippen molar-refractivity contribution in [3.05, 3.63) is 38.5 Å². The van der Waals surface area contributed by atoms with Crippen molar-refractivity contribution in [1.82, 2.24) is 0 Å². The van der Waals surface area contributed by atoms with E-state index in [0.29, 0.717) is 32.7 Å². The first kappa shape index (κ1) is 101. The number of aliphatic carboxylic acids is 2. The maximum absolute atomic E-state index is 11.9. The van der Waals surface area contributed by atoms with Crippen molar-refractivity contribution >= 4 is 166 Å². The van der Waals surface area contributed by atoms with E-state index in [9.17, 15) is 57.5 Å². The highest BCUT2D eigenvalue weighted by molar-refractivity contribution is 8.14. The third-order valence-corrected chi connectivity index (χ3v) is 15.6. The van der Waals surface area contributed by atoms with Crippen LogP contribution < -0.4 is 0 Å². The van der Waals surface area contributed by atoms with Crippen LogP contribution in [0.1, 0.15) is 109 Å². The van der Waals surface area contributed by atoms with Crippen molar-refractivity contribution in [2.75, 3.05) is 105 Å². The van der Waals surface area contributed by atoms with Crippen molar-refractivity contribution in [2.45, 2.75) is 147 Å². The van der Waals surface area contributed by atoms with Crippen LogP contribution >= 0.6 is 97.6 Å². The van der Waals surface area contributed by atoms with Crippen molar-refractivity contribution in [1.29, 1.82) is 0 Å². The first-order valence-corrected chi connectivity index (χ1v) is 35.8. The molecule has 0 fully saturated rings. The molecule has 37 heteroatoms. The fourth-order valence-corrected chi connectivity index (χ4v) is 7.66. The van der Waals surface area contributed by atoms with Gasteiger partial charge >= 0.3 is 47.8 Å². The zero-order valence-corrected chi connectivity index (χ0v) is 64.1. The van der Waals surface area contributed by atoms with Gasteiger partial charge in [0.2, 0.25) is 0 Å². The van der Waals surface area contributed by atoms with Crippen LogP contribution in [-0.2, 0) is 129 Å². The van der Waals surface area contributed by atoms with Crippen molar-refractivity contribution < 1.29 is 139 Å². The Balaban J connectivity index is -0.000000423. The predicted octanol–water partition coefficient (Wildman–Crippen LogP) is 8.04. The summed E-state index contributed by atoms with van der Waals surface area (Å²) in [4.78, 5) is 132. The van der Waals surface area contributed by atoms with Crippen molar-refractivity contribution in [2.24, 2.45) is 16.2 Å². The summed E-state index contributed by atoms with van der Waals surface area (Å²) in [5.41, 5.74) is -1.74. The maximum atomic E-state index is 11.9. The van der Waals surface area contributed by atoms with Crippen LogP contribution in [-0.4, -0.2) is 222 Å². The number of hydrogen-bond acceptors (Lipinski definition) is 35. The summed E-state index contributed by atoms with van der Waals surface area (Å²) in [6.45, 7) is 32.8. The molecule has 29 nitrogen and oxygen atoms in total. The SMILES string of the molecule is C=COCC(CC)(COC=C)COC=C.CC(=O)SCC(=O)O.CCC(COC(C)OC(=O)CS)(COC(C)OC(=O)CS)COC(C)OC(=O)CS.CCC(COC(C)OC(=O)CSC(C)=O)(COC(C)OC(=O)CSC(C)=O)COC(C)OC(=O)CSC(C)=O.O=C(O)CS. The van der Waals surface area contributed by atoms with Gasteiger partial charge in [0.05, 0.1) is 130 Å². The zero-order chi connectivity index (χ0) is 75.6. The Bertz CT molecular complexity index is 2120. The Morgan fingerprint density at radius 1 is 0.340 bits per heavy atom. The summed E-state index contributed by atoms with van der Waals surface area (Å²) in [6, 6.07) is 0. The van der Waals surface area contributed by atoms with Gasteiger partial charge in [-0.15, -0.1) is 0 Å². The molecule has 97 heavy (non-hydrogen) atoms. The molecule has 0 saturated heterocycles. The molecule has 0 aliphatic heterocycles. The highest BCUT2D eigenvalue weighted by Crippen LogP contribution is 2.29. The highest BCUT2D eigenvalue weighted by atomic mass is 32.2. The first-order chi connectivity index (χ1) is 45.4. The predicted molar refractivity (Wildman–Crippen MR) is 379 cm³/mol. The Labute approximate surface area is 608 Å². The second kappa shape index (κ2) is 62.6. The fraction of sp³-hybridized carbons (Fsp3) is 0.700. The molecule has 0 heterocycles. The van der Waals surface area contributed by atoms with Crippen LogP contribution in [0.3, 0.4) is 0 Å². The van der Waals surface area contributed by atoms with Crippen LogP contribution in [0.4, 0.5) is 0 Å². The molecule has 0 rings (SSSR count). The van der Waals surface area contributed by atoms with Gasteiger partial charge in [0.25, 0.3) is 0 Å². The minimum atomic E-state index is -0.954. The molecule has 0 aromatic heterocycles. The molecule has 0 bridgehead atoms. The maximum Gasteiger partial charge on any atom is 0.318 e. The molecular weight excluding hydrogens is 1440 g/mol. The van der Waals surface area contributed by atoms with Gasteiger partial charge in [-0.3, -0.25) is 57.5 Å². The lowest BCUT2D eigenvalue weighted by Crippen LogP contribution is -2.41. The van der Waals surface area contributed by atoms with Gasteiger partial charge in [-0.05, 0) is 60.8 Å². The lowest BCUT2D eigenvalue weighted by molar-refractivity contribution is -0.213. The molecule has 0 radical (unpaired) electrons. The molecule has 6 unspecified atom stereocenters. The van der Waals surface area contributed by atoms with Gasteiger partial charge in [-0.2, -0.15) is 50.5 Å². The van der Waals surface area contributed by atoms with Crippen LogP contribution in [0, 0.1) is 16.2 Å². The van der Waals surface area contributed by atoms with Crippen LogP contribution in [0.2, 0.25) is 0 Å². The molecular formula is C60H100O29S8. The Morgan fingerprint density at radius 3 is 0.670 bits per heavy atom. The normalized spacial score (nSPS) is 13.6. The minimum absolute atomic E-state index is 0.0144. The van der Waals surface area contributed by atoms with Gasteiger partial charge in [-0.25, -0.2) is 0 Å². The molecule has 0 aliphatic rings. The number of thiol groups is 4. The lowest BCUT2D eigenvalue weighted by atomic mass is 9.88. The largest absolute Gasteiger partial charge is 0.501 e. The van der Waals surface area contributed by atoms with E-state index in [4.69, 9.17) is 81.3 Å². The summed E-state index contributed by atoms with van der Waals surface area (Å²) in [7, 11) is 0. The van der Waals surface area contributed by atoms with E-state index in [1.54, 1.807) is 20.8 Å². The van der Waals surface area contributed by atoms with E-state index in [-0.39, 0.29) is 112 Å². The topological polar surface area (TPSA) is 384 Å². The standard InChI is InChI=1S/C24H38O12S3.C18H32O9S3.C12H20O3.C4H6O3S.C2H4O2S/c1-8-24(12-31-18(5)34-21(28)9-37-15(2)25,13-32-19(6)35-22(29)10-38-16(3)26)14-33-20(7)36-23(30)11-39-17(4)27;1-5-18(9-22-12(2)25-15(19)6-28,10-23-13(3)26-16(20)7-29)11-24-14(4)27-17(21)8-30;1-5-12(9-13-6-2,10-14-7-3)11-15-8-4;1-3(5)8-2-4(6)7;3-2(4)1-5/h18-20H,8-14H2,1-7H3;12-14,28-30H,5-11H2,1-4H3;6-8H,2-5,9-11H2,1H3;2H2,1H3,(H,6,7);5H,1H2,(H,3,4). The van der Waals surface area contributed by atoms with E-state index in [1.165, 1.54) is 67.3 Å². The average Bonchev–Trinajstić information content (AvgIpc) is 0.930. The number of hydrogen-bond donors (Lipinski definition) is 6. The number of ether oxygens (including phenoxy) is 15. The van der Waals surface area contributed by atoms with Gasteiger partial charge in [0.1, 0.15) is 0 Å². The summed E-state index contributed by atoms with van der Waals surface area (Å²) < 4.78 is 80.5. The van der Waals surface area contributed by atoms with E-state index >= 15 is 0 Å². The molecule has 0 aromatic rings. The van der Waals surface area contributed by atoms with E-state index in [2.05, 4.69) is 77.2 Å². The summed E-state index contributed by atoms with van der Waals surface area (Å²) >= 11 is 18.2. The van der Waals surface area contributed by atoms with Crippen LogP contribution in [0.15, 0.2) is 38.5 Å². The number of esters is 6. The quantitative estimate of drug-likeness (QED) is 0.0110. The number of carbonyl (C=O) groups is 12. The molecule has 0 saturated carbocycles.